The summed E-state index contributed by atoms with van der Waals surface area (Å²) in [5.74, 6) is 0.784. The summed E-state index contributed by atoms with van der Waals surface area (Å²) in [6.45, 7) is 1.97. The summed E-state index contributed by atoms with van der Waals surface area (Å²) in [4.78, 5) is 23.5. The summed E-state index contributed by atoms with van der Waals surface area (Å²) in [6.07, 6.45) is 14.4. The monoisotopic (exact) mass is 463 g/mol. The van der Waals surface area contributed by atoms with Crippen molar-refractivity contribution in [3.8, 4) is 33.6 Å². The van der Waals surface area contributed by atoms with Crippen molar-refractivity contribution >= 4 is 18.3 Å². The second kappa shape index (κ2) is 9.95. The van der Waals surface area contributed by atoms with Crippen LogP contribution < -0.4 is 0 Å². The number of piperidine rings is 1. The minimum Gasteiger partial charge on any atom is -0.341 e. The number of benzene rings is 1. The number of amides is 1. The molecule has 4 heterocycles. The van der Waals surface area contributed by atoms with Crippen molar-refractivity contribution in [2.75, 3.05) is 13.1 Å². The van der Waals surface area contributed by atoms with Gasteiger partial charge in [0.05, 0.1) is 12.4 Å². The largest absolute Gasteiger partial charge is 0.341 e. The van der Waals surface area contributed by atoms with Gasteiger partial charge in [0, 0.05) is 67.2 Å². The van der Waals surface area contributed by atoms with E-state index in [0.717, 1.165) is 53.7 Å². The minimum absolute atomic E-state index is 0. The molecule has 1 aliphatic heterocycles. The molecule has 4 aromatic rings. The van der Waals surface area contributed by atoms with E-state index in [4.69, 9.17) is 0 Å². The fraction of sp³-hybridized carbons (Fsp3) is 0.292. The molecular weight excluding hydrogens is 438 g/mol. The molecule has 1 fully saturated rings. The standard InChI is InChI=1S/C24H25N7O.ClH/c1-29-15-21(13-27-29)18-6-5-7-19(10-18)24-25-11-20(12-26-24)22-14-28-31(16-22)17-23(32)30-8-3-2-4-9-30;/h5-7,10-16H,2-4,8-9,17H2,1H3;1H. The Morgan fingerprint density at radius 3 is 2.27 bits per heavy atom. The van der Waals surface area contributed by atoms with Crippen LogP contribution in [0, 0.1) is 0 Å². The fourth-order valence-electron chi connectivity index (χ4n) is 4.02. The first-order valence-electron chi connectivity index (χ1n) is 10.9. The molecule has 9 heteroatoms. The van der Waals surface area contributed by atoms with Crippen LogP contribution in [0.25, 0.3) is 33.6 Å². The van der Waals surface area contributed by atoms with Gasteiger partial charge < -0.3 is 4.90 Å². The highest BCUT2D eigenvalue weighted by molar-refractivity contribution is 5.85. The Labute approximate surface area is 198 Å². The van der Waals surface area contributed by atoms with Gasteiger partial charge in [0.1, 0.15) is 6.54 Å². The number of nitrogens with zero attached hydrogens (tertiary/aromatic N) is 7. The molecule has 0 radical (unpaired) electrons. The maximum absolute atomic E-state index is 12.5. The summed E-state index contributed by atoms with van der Waals surface area (Å²) in [5.41, 5.74) is 4.84. The molecule has 0 spiro atoms. The second-order valence-electron chi connectivity index (χ2n) is 8.15. The van der Waals surface area contributed by atoms with E-state index in [2.05, 4.69) is 32.3 Å². The third-order valence-corrected chi connectivity index (χ3v) is 5.78. The van der Waals surface area contributed by atoms with Crippen LogP contribution in [0.2, 0.25) is 0 Å². The van der Waals surface area contributed by atoms with Gasteiger partial charge in [-0.25, -0.2) is 9.97 Å². The van der Waals surface area contributed by atoms with Crippen molar-refractivity contribution in [2.24, 2.45) is 7.05 Å². The van der Waals surface area contributed by atoms with Crippen LogP contribution in [0.1, 0.15) is 19.3 Å². The van der Waals surface area contributed by atoms with E-state index >= 15 is 0 Å². The van der Waals surface area contributed by atoms with Crippen LogP contribution in [0.3, 0.4) is 0 Å². The zero-order chi connectivity index (χ0) is 21.9. The number of hydrogen-bond donors (Lipinski definition) is 0. The molecule has 5 rings (SSSR count). The van der Waals surface area contributed by atoms with Gasteiger partial charge in [-0.2, -0.15) is 10.2 Å². The molecule has 8 nitrogen and oxygen atoms in total. The Bertz CT molecular complexity index is 1230. The first-order chi connectivity index (χ1) is 15.7. The molecule has 0 N–H and O–H groups in total. The highest BCUT2D eigenvalue weighted by atomic mass is 35.5. The van der Waals surface area contributed by atoms with Gasteiger partial charge in [0.15, 0.2) is 5.82 Å². The number of carbonyl (C=O) groups is 1. The predicted molar refractivity (Wildman–Crippen MR) is 129 cm³/mol. The topological polar surface area (TPSA) is 81.7 Å². The molecule has 0 unspecified atom stereocenters. The smallest absolute Gasteiger partial charge is 0.244 e. The zero-order valence-corrected chi connectivity index (χ0v) is 19.3. The van der Waals surface area contributed by atoms with Gasteiger partial charge in [-0.05, 0) is 30.9 Å². The van der Waals surface area contributed by atoms with E-state index in [1.807, 2.05) is 42.7 Å². The highest BCUT2D eigenvalue weighted by Crippen LogP contribution is 2.25. The summed E-state index contributed by atoms with van der Waals surface area (Å²) in [6, 6.07) is 8.11. The van der Waals surface area contributed by atoms with Crippen molar-refractivity contribution in [1.29, 1.82) is 0 Å². The van der Waals surface area contributed by atoms with E-state index in [1.54, 1.807) is 28.0 Å². The maximum atomic E-state index is 12.5. The SMILES string of the molecule is Cl.Cn1cc(-c2cccc(-c3ncc(-c4cnn(CC(=O)N5CCCCC5)c4)cn3)c2)cn1. The highest BCUT2D eigenvalue weighted by Gasteiger charge is 2.17. The number of aryl methyl sites for hydroxylation is 1. The van der Waals surface area contributed by atoms with Crippen molar-refractivity contribution in [2.45, 2.75) is 25.8 Å². The van der Waals surface area contributed by atoms with Crippen LogP contribution in [0.5, 0.6) is 0 Å². The summed E-state index contributed by atoms with van der Waals surface area (Å²) < 4.78 is 3.48. The lowest BCUT2D eigenvalue weighted by Crippen LogP contribution is -2.37. The normalized spacial score (nSPS) is 13.5. The van der Waals surface area contributed by atoms with E-state index in [0.29, 0.717) is 5.82 Å². The van der Waals surface area contributed by atoms with Gasteiger partial charge >= 0.3 is 0 Å². The van der Waals surface area contributed by atoms with E-state index in [-0.39, 0.29) is 24.9 Å². The molecule has 3 aromatic heterocycles. The van der Waals surface area contributed by atoms with Crippen molar-refractivity contribution in [1.82, 2.24) is 34.4 Å². The number of hydrogen-bond acceptors (Lipinski definition) is 5. The Balaban J connectivity index is 0.00000259. The Kier molecular flexibility index (Phi) is 6.84. The lowest BCUT2D eigenvalue weighted by atomic mass is 10.1. The molecule has 33 heavy (non-hydrogen) atoms. The van der Waals surface area contributed by atoms with Crippen molar-refractivity contribution < 1.29 is 4.79 Å². The van der Waals surface area contributed by atoms with Gasteiger partial charge in [-0.3, -0.25) is 14.2 Å². The third-order valence-electron chi connectivity index (χ3n) is 5.78. The quantitative estimate of drug-likeness (QED) is 0.449. The Morgan fingerprint density at radius 2 is 1.55 bits per heavy atom. The molecule has 1 amide bonds. The van der Waals surface area contributed by atoms with Gasteiger partial charge in [0.25, 0.3) is 0 Å². The van der Waals surface area contributed by atoms with E-state index in [9.17, 15) is 4.79 Å². The van der Waals surface area contributed by atoms with E-state index in [1.165, 1.54) is 6.42 Å². The minimum atomic E-state index is 0. The van der Waals surface area contributed by atoms with Crippen LogP contribution in [-0.2, 0) is 18.4 Å². The average molecular weight is 464 g/mol. The molecule has 1 saturated heterocycles. The Hall–Kier alpha value is -3.52. The van der Waals surface area contributed by atoms with Gasteiger partial charge in [-0.1, -0.05) is 18.2 Å². The molecule has 0 aliphatic carbocycles. The summed E-state index contributed by atoms with van der Waals surface area (Å²) in [5, 5.41) is 8.60. The number of halogens is 1. The summed E-state index contributed by atoms with van der Waals surface area (Å²) in [7, 11) is 1.90. The molecule has 0 bridgehead atoms. The van der Waals surface area contributed by atoms with Gasteiger partial charge in [0.2, 0.25) is 5.91 Å². The van der Waals surface area contributed by atoms with Crippen LogP contribution in [0.4, 0.5) is 0 Å². The number of likely N-dealkylation sites (tertiary alicyclic amines) is 1. The number of carbonyl (C=O) groups excluding carboxylic acids is 1. The molecular formula is C24H26ClN7O. The van der Waals surface area contributed by atoms with Crippen molar-refractivity contribution in [3.05, 3.63) is 61.4 Å². The zero-order valence-electron chi connectivity index (χ0n) is 18.5. The van der Waals surface area contributed by atoms with E-state index < -0.39 is 0 Å². The first kappa shape index (κ1) is 22.7. The lowest BCUT2D eigenvalue weighted by molar-refractivity contribution is -0.132. The van der Waals surface area contributed by atoms with Crippen LogP contribution in [0.15, 0.2) is 61.4 Å². The fourth-order valence-corrected chi connectivity index (χ4v) is 4.02. The number of rotatable bonds is 5. The first-order valence-corrected chi connectivity index (χ1v) is 10.9. The summed E-state index contributed by atoms with van der Waals surface area (Å²) >= 11 is 0. The second-order valence-corrected chi connectivity index (χ2v) is 8.15. The molecule has 1 aliphatic rings. The van der Waals surface area contributed by atoms with Gasteiger partial charge in [-0.15, -0.1) is 12.4 Å². The van der Waals surface area contributed by atoms with Crippen LogP contribution >= 0.6 is 12.4 Å². The molecule has 0 atom stereocenters. The predicted octanol–water partition coefficient (Wildman–Crippen LogP) is 3.84. The molecule has 1 aromatic carbocycles. The maximum Gasteiger partial charge on any atom is 0.244 e. The third kappa shape index (κ3) is 5.12. The van der Waals surface area contributed by atoms with Crippen molar-refractivity contribution in [3.63, 3.8) is 0 Å². The Morgan fingerprint density at radius 1 is 0.848 bits per heavy atom. The lowest BCUT2D eigenvalue weighted by Gasteiger charge is -2.26. The molecule has 170 valence electrons. The number of aromatic nitrogens is 6. The molecule has 0 saturated carbocycles. The van der Waals surface area contributed by atoms with Crippen LogP contribution in [-0.4, -0.2) is 53.4 Å². The average Bonchev–Trinajstić information content (AvgIpc) is 3.49.